The van der Waals surface area contributed by atoms with Crippen LogP contribution in [0.4, 0.5) is 11.5 Å². The second kappa shape index (κ2) is 5.28. The third kappa shape index (κ3) is 3.52. The average Bonchev–Trinajstić information content (AvgIpc) is 2.33. The van der Waals surface area contributed by atoms with Crippen molar-refractivity contribution in [3.8, 4) is 0 Å². The van der Waals surface area contributed by atoms with E-state index in [0.29, 0.717) is 5.69 Å². The molecule has 9 heteroatoms. The normalized spacial score (nSPS) is 11.3. The molecule has 100 valence electrons. The number of hydrogen-bond acceptors (Lipinski definition) is 6. The lowest BCUT2D eigenvalue weighted by Gasteiger charge is -2.07. The van der Waals surface area contributed by atoms with E-state index in [1.54, 1.807) is 12.1 Å². The molecule has 1 aromatic heterocycles. The molecule has 1 N–H and O–H groups in total. The molecule has 0 atom stereocenters. The summed E-state index contributed by atoms with van der Waals surface area (Å²) >= 11 is 11.4. The third-order valence-corrected chi connectivity index (χ3v) is 3.71. The minimum atomic E-state index is -3.22. The number of benzene rings is 1. The quantitative estimate of drug-likeness (QED) is 0.934. The number of hydrogen-bond donors (Lipinski definition) is 1. The fourth-order valence-electron chi connectivity index (χ4n) is 1.29. The summed E-state index contributed by atoms with van der Waals surface area (Å²) in [4.78, 5) is 4.09. The van der Waals surface area contributed by atoms with Crippen molar-refractivity contribution in [2.24, 2.45) is 0 Å². The summed E-state index contributed by atoms with van der Waals surface area (Å²) in [6, 6.07) is 6.12. The first kappa shape index (κ1) is 14.0. The number of anilines is 2. The third-order valence-electron chi connectivity index (χ3n) is 2.16. The van der Waals surface area contributed by atoms with E-state index >= 15 is 0 Å². The van der Waals surface area contributed by atoms with E-state index in [1.165, 1.54) is 12.1 Å². The summed E-state index contributed by atoms with van der Waals surface area (Å²) in [5.74, 6) is 0.244. The Kier molecular flexibility index (Phi) is 3.88. The molecule has 6 nitrogen and oxygen atoms in total. The van der Waals surface area contributed by atoms with Crippen molar-refractivity contribution in [3.63, 3.8) is 0 Å². The average molecular weight is 319 g/mol. The molecule has 0 radical (unpaired) electrons. The molecule has 0 amide bonds. The number of nitrogens with one attached hydrogen (secondary N) is 1. The van der Waals surface area contributed by atoms with E-state index in [1.807, 2.05) is 0 Å². The smallest absolute Gasteiger partial charge is 0.245 e. The largest absolute Gasteiger partial charge is 0.338 e. The molecule has 0 bridgehead atoms. The topological polar surface area (TPSA) is 84.8 Å². The molecular formula is C10H8Cl2N4O2S. The van der Waals surface area contributed by atoms with Gasteiger partial charge in [0.2, 0.25) is 5.28 Å². The summed E-state index contributed by atoms with van der Waals surface area (Å²) in [7, 11) is -3.22. The first-order valence-electron chi connectivity index (χ1n) is 4.99. The Bertz CT molecular complexity index is 704. The van der Waals surface area contributed by atoms with Gasteiger partial charge in [0.05, 0.1) is 4.90 Å². The summed E-state index contributed by atoms with van der Waals surface area (Å²) < 4.78 is 22.6. The highest BCUT2D eigenvalue weighted by molar-refractivity contribution is 7.90. The SMILES string of the molecule is CS(=O)(=O)c1ccc(Nc2nc(Cl)nnc2Cl)cc1. The van der Waals surface area contributed by atoms with Crippen molar-refractivity contribution in [1.29, 1.82) is 0 Å². The molecule has 2 aromatic rings. The molecule has 19 heavy (non-hydrogen) atoms. The van der Waals surface area contributed by atoms with Crippen molar-refractivity contribution < 1.29 is 8.42 Å². The van der Waals surface area contributed by atoms with Crippen molar-refractivity contribution >= 4 is 44.5 Å². The molecule has 0 aliphatic heterocycles. The molecule has 0 saturated carbocycles. The van der Waals surface area contributed by atoms with Gasteiger partial charge in [-0.15, -0.1) is 10.2 Å². The molecule has 1 heterocycles. The first-order valence-corrected chi connectivity index (χ1v) is 7.64. The Morgan fingerprint density at radius 3 is 2.32 bits per heavy atom. The molecule has 2 rings (SSSR count). The lowest BCUT2D eigenvalue weighted by atomic mass is 10.3. The Labute approximate surface area is 119 Å². The van der Waals surface area contributed by atoms with Crippen LogP contribution < -0.4 is 5.32 Å². The number of halogens is 2. The molecule has 1 aromatic carbocycles. The predicted octanol–water partition coefficient (Wildman–Crippen LogP) is 2.33. The van der Waals surface area contributed by atoms with E-state index < -0.39 is 9.84 Å². The number of aromatic nitrogens is 3. The van der Waals surface area contributed by atoms with Crippen molar-refractivity contribution in [3.05, 3.63) is 34.7 Å². The highest BCUT2D eigenvalue weighted by atomic mass is 35.5. The second-order valence-corrected chi connectivity index (χ2v) is 6.35. The maximum Gasteiger partial charge on any atom is 0.245 e. The lowest BCUT2D eigenvalue weighted by Crippen LogP contribution is -2.00. The zero-order valence-corrected chi connectivity index (χ0v) is 12.0. The van der Waals surface area contributed by atoms with Crippen LogP contribution in [0.5, 0.6) is 0 Å². The van der Waals surface area contributed by atoms with Crippen LogP contribution in [0.2, 0.25) is 10.4 Å². The van der Waals surface area contributed by atoms with E-state index in [0.717, 1.165) is 6.26 Å². The van der Waals surface area contributed by atoms with Gasteiger partial charge in [-0.25, -0.2) is 8.42 Å². The van der Waals surface area contributed by atoms with Crippen LogP contribution in [-0.2, 0) is 9.84 Å². The van der Waals surface area contributed by atoms with Crippen molar-refractivity contribution in [1.82, 2.24) is 15.2 Å². The number of nitrogens with zero attached hydrogens (tertiary/aromatic N) is 3. The van der Waals surface area contributed by atoms with Crippen LogP contribution in [0.3, 0.4) is 0 Å². The van der Waals surface area contributed by atoms with Crippen LogP contribution in [0.1, 0.15) is 0 Å². The van der Waals surface area contributed by atoms with Crippen molar-refractivity contribution in [2.45, 2.75) is 4.90 Å². The van der Waals surface area contributed by atoms with Gasteiger partial charge < -0.3 is 5.32 Å². The van der Waals surface area contributed by atoms with Gasteiger partial charge in [0.15, 0.2) is 20.8 Å². The minimum absolute atomic E-state index is 0.0420. The van der Waals surface area contributed by atoms with E-state index in [2.05, 4.69) is 20.5 Å². The number of sulfone groups is 1. The summed E-state index contributed by atoms with van der Waals surface area (Å²) in [6.45, 7) is 0. The van der Waals surface area contributed by atoms with Crippen LogP contribution in [-0.4, -0.2) is 29.9 Å². The highest BCUT2D eigenvalue weighted by Gasteiger charge is 2.09. The maximum absolute atomic E-state index is 11.3. The Morgan fingerprint density at radius 1 is 1.11 bits per heavy atom. The standard InChI is InChI=1S/C10H8Cl2N4O2S/c1-19(17,18)7-4-2-6(3-5-7)13-9-8(11)15-16-10(12)14-9/h2-5H,1H3,(H,13,14,16). The highest BCUT2D eigenvalue weighted by Crippen LogP contribution is 2.22. The van der Waals surface area contributed by atoms with E-state index in [-0.39, 0.29) is 21.2 Å². The number of rotatable bonds is 3. The van der Waals surface area contributed by atoms with Gasteiger partial charge in [0, 0.05) is 11.9 Å². The van der Waals surface area contributed by atoms with Gasteiger partial charge in [0.25, 0.3) is 0 Å². The molecular weight excluding hydrogens is 311 g/mol. The molecule has 0 aliphatic carbocycles. The zero-order chi connectivity index (χ0) is 14.0. The Hall–Kier alpha value is -1.44. The van der Waals surface area contributed by atoms with Crippen LogP contribution in [0.15, 0.2) is 29.2 Å². The monoisotopic (exact) mass is 318 g/mol. The second-order valence-electron chi connectivity index (χ2n) is 3.64. The van der Waals surface area contributed by atoms with Gasteiger partial charge in [-0.05, 0) is 35.9 Å². The van der Waals surface area contributed by atoms with Crippen LogP contribution >= 0.6 is 23.2 Å². The van der Waals surface area contributed by atoms with Gasteiger partial charge in [0.1, 0.15) is 0 Å². The van der Waals surface area contributed by atoms with E-state index in [9.17, 15) is 8.42 Å². The van der Waals surface area contributed by atoms with Crippen molar-refractivity contribution in [2.75, 3.05) is 11.6 Å². The zero-order valence-electron chi connectivity index (χ0n) is 9.63. The molecule has 0 spiro atoms. The summed E-state index contributed by atoms with van der Waals surface area (Å²) in [5.41, 5.74) is 0.603. The maximum atomic E-state index is 11.3. The van der Waals surface area contributed by atoms with Gasteiger partial charge in [-0.3, -0.25) is 0 Å². The lowest BCUT2D eigenvalue weighted by molar-refractivity contribution is 0.602. The van der Waals surface area contributed by atoms with Gasteiger partial charge in [-0.1, -0.05) is 11.6 Å². The predicted molar refractivity (Wildman–Crippen MR) is 72.7 cm³/mol. The van der Waals surface area contributed by atoms with Gasteiger partial charge in [-0.2, -0.15) is 4.98 Å². The van der Waals surface area contributed by atoms with Crippen LogP contribution in [0, 0.1) is 0 Å². The molecule has 0 saturated heterocycles. The molecule has 0 aliphatic rings. The summed E-state index contributed by atoms with van der Waals surface area (Å²) in [6.07, 6.45) is 1.14. The molecule has 0 fully saturated rings. The first-order chi connectivity index (χ1) is 8.86. The minimum Gasteiger partial charge on any atom is -0.338 e. The fourth-order valence-corrected chi connectivity index (χ4v) is 2.18. The summed E-state index contributed by atoms with van der Waals surface area (Å²) in [5, 5.41) is 9.97. The fraction of sp³-hybridized carbons (Fsp3) is 0.100. The Balaban J connectivity index is 2.27. The Morgan fingerprint density at radius 2 is 1.74 bits per heavy atom. The van der Waals surface area contributed by atoms with Crippen LogP contribution in [0.25, 0.3) is 0 Å². The van der Waals surface area contributed by atoms with E-state index in [4.69, 9.17) is 23.2 Å². The van der Waals surface area contributed by atoms with Gasteiger partial charge >= 0.3 is 0 Å². The molecule has 0 unspecified atom stereocenters.